The number of carbonyl (C=O) groups is 1. The summed E-state index contributed by atoms with van der Waals surface area (Å²) < 4.78 is 3.75. The van der Waals surface area contributed by atoms with Gasteiger partial charge in [-0.2, -0.15) is 10.2 Å². The van der Waals surface area contributed by atoms with Gasteiger partial charge in [0.2, 0.25) is 0 Å². The average molecular weight is 387 g/mol. The smallest absolute Gasteiger partial charge is 0.255 e. The van der Waals surface area contributed by atoms with Gasteiger partial charge in [-0.15, -0.1) is 0 Å². The summed E-state index contributed by atoms with van der Waals surface area (Å²) in [4.78, 5) is 20.9. The molecule has 0 unspecified atom stereocenters. The SMILES string of the molecule is O=C(NC1CCC(n2cc(-c3ccncn3)cn2)CC1)c1cnn2ccccc12. The normalized spacial score (nSPS) is 19.3. The predicted octanol–water partition coefficient (Wildman–Crippen LogP) is 2.90. The van der Waals surface area contributed by atoms with Gasteiger partial charge >= 0.3 is 0 Å². The molecule has 4 aromatic rings. The third kappa shape index (κ3) is 3.49. The molecule has 4 heterocycles. The molecule has 5 rings (SSSR count). The number of aromatic nitrogens is 6. The van der Waals surface area contributed by atoms with E-state index in [4.69, 9.17) is 0 Å². The summed E-state index contributed by atoms with van der Waals surface area (Å²) in [6.07, 6.45) is 14.5. The van der Waals surface area contributed by atoms with Crippen molar-refractivity contribution in [2.75, 3.05) is 0 Å². The van der Waals surface area contributed by atoms with Gasteiger partial charge in [-0.3, -0.25) is 9.48 Å². The van der Waals surface area contributed by atoms with E-state index in [0.29, 0.717) is 11.6 Å². The molecule has 1 fully saturated rings. The fraction of sp³-hybridized carbons (Fsp3) is 0.286. The van der Waals surface area contributed by atoms with Crippen LogP contribution in [0.4, 0.5) is 0 Å². The summed E-state index contributed by atoms with van der Waals surface area (Å²) in [5, 5.41) is 12.0. The monoisotopic (exact) mass is 387 g/mol. The van der Waals surface area contributed by atoms with Crippen molar-refractivity contribution in [1.82, 2.24) is 34.7 Å². The number of hydrogen-bond donors (Lipinski definition) is 1. The molecule has 1 aliphatic rings. The topological polar surface area (TPSA) is 90.0 Å². The molecule has 0 atom stereocenters. The minimum Gasteiger partial charge on any atom is -0.349 e. The first-order valence-corrected chi connectivity index (χ1v) is 9.82. The van der Waals surface area contributed by atoms with Crippen molar-refractivity contribution in [2.24, 2.45) is 0 Å². The predicted molar refractivity (Wildman–Crippen MR) is 107 cm³/mol. The van der Waals surface area contributed by atoms with Crippen LogP contribution < -0.4 is 5.32 Å². The highest BCUT2D eigenvalue weighted by Crippen LogP contribution is 2.29. The molecule has 4 aromatic heterocycles. The van der Waals surface area contributed by atoms with Gasteiger partial charge in [0.25, 0.3) is 5.91 Å². The van der Waals surface area contributed by atoms with Crippen molar-refractivity contribution < 1.29 is 4.79 Å². The van der Waals surface area contributed by atoms with Crippen molar-refractivity contribution in [3.8, 4) is 11.3 Å². The van der Waals surface area contributed by atoms with Gasteiger partial charge in [0.05, 0.1) is 35.2 Å². The highest BCUT2D eigenvalue weighted by molar-refractivity contribution is 6.00. The Labute approximate surface area is 167 Å². The highest BCUT2D eigenvalue weighted by atomic mass is 16.1. The number of amides is 1. The van der Waals surface area contributed by atoms with Crippen LogP contribution in [-0.4, -0.2) is 41.3 Å². The molecule has 0 aliphatic heterocycles. The molecule has 1 aliphatic carbocycles. The van der Waals surface area contributed by atoms with E-state index in [2.05, 4.69) is 25.5 Å². The first kappa shape index (κ1) is 17.5. The average Bonchev–Trinajstić information content (AvgIpc) is 3.43. The van der Waals surface area contributed by atoms with Crippen LogP contribution in [0.1, 0.15) is 42.1 Å². The van der Waals surface area contributed by atoms with E-state index in [-0.39, 0.29) is 11.9 Å². The lowest BCUT2D eigenvalue weighted by Gasteiger charge is -2.29. The molecule has 0 aromatic carbocycles. The molecule has 0 saturated heterocycles. The maximum atomic E-state index is 12.7. The van der Waals surface area contributed by atoms with Crippen molar-refractivity contribution in [1.29, 1.82) is 0 Å². The quantitative estimate of drug-likeness (QED) is 0.581. The number of hydrogen-bond acceptors (Lipinski definition) is 5. The Kier molecular flexibility index (Phi) is 4.51. The van der Waals surface area contributed by atoms with Crippen LogP contribution >= 0.6 is 0 Å². The van der Waals surface area contributed by atoms with Gasteiger partial charge in [-0.05, 0) is 43.9 Å². The second-order valence-electron chi connectivity index (χ2n) is 7.37. The van der Waals surface area contributed by atoms with Crippen molar-refractivity contribution in [3.05, 3.63) is 67.1 Å². The Morgan fingerprint density at radius 1 is 1.07 bits per heavy atom. The van der Waals surface area contributed by atoms with Crippen molar-refractivity contribution in [3.63, 3.8) is 0 Å². The minimum atomic E-state index is -0.0558. The van der Waals surface area contributed by atoms with E-state index in [1.807, 2.05) is 47.5 Å². The third-order valence-electron chi connectivity index (χ3n) is 5.56. The number of nitrogens with zero attached hydrogens (tertiary/aromatic N) is 6. The van der Waals surface area contributed by atoms with Gasteiger partial charge in [0.1, 0.15) is 6.33 Å². The number of fused-ring (bicyclic) bond motifs is 1. The van der Waals surface area contributed by atoms with Crippen LogP contribution in [0, 0.1) is 0 Å². The standard InChI is InChI=1S/C21H21N7O/c29-21(18-12-25-27-10-2-1-3-20(18)27)26-16-4-6-17(7-5-16)28-13-15(11-24-28)19-8-9-22-14-23-19/h1-3,8-14,16-17H,4-7H2,(H,26,29). The van der Waals surface area contributed by atoms with Crippen LogP contribution in [0.3, 0.4) is 0 Å². The summed E-state index contributed by atoms with van der Waals surface area (Å²) in [6.45, 7) is 0. The third-order valence-corrected chi connectivity index (χ3v) is 5.56. The zero-order valence-corrected chi connectivity index (χ0v) is 15.8. The largest absolute Gasteiger partial charge is 0.349 e. The number of nitrogens with one attached hydrogen (secondary N) is 1. The summed E-state index contributed by atoms with van der Waals surface area (Å²) in [5.41, 5.74) is 3.32. The van der Waals surface area contributed by atoms with Gasteiger partial charge < -0.3 is 5.32 Å². The molecular weight excluding hydrogens is 366 g/mol. The molecule has 1 amide bonds. The van der Waals surface area contributed by atoms with E-state index in [0.717, 1.165) is 42.5 Å². The molecule has 0 radical (unpaired) electrons. The zero-order chi connectivity index (χ0) is 19.6. The van der Waals surface area contributed by atoms with Crippen LogP contribution in [0.25, 0.3) is 16.8 Å². The molecule has 1 N–H and O–H groups in total. The summed E-state index contributed by atoms with van der Waals surface area (Å²) >= 11 is 0. The van der Waals surface area contributed by atoms with Crippen LogP contribution in [0.5, 0.6) is 0 Å². The number of carbonyl (C=O) groups excluding carboxylic acids is 1. The van der Waals surface area contributed by atoms with E-state index in [1.54, 1.807) is 23.2 Å². The fourth-order valence-electron chi connectivity index (χ4n) is 3.99. The number of rotatable bonds is 4. The molecule has 0 bridgehead atoms. The van der Waals surface area contributed by atoms with Crippen LogP contribution in [0.15, 0.2) is 61.6 Å². The lowest BCUT2D eigenvalue weighted by molar-refractivity contribution is 0.0923. The van der Waals surface area contributed by atoms with Crippen molar-refractivity contribution in [2.45, 2.75) is 37.8 Å². The summed E-state index contributed by atoms with van der Waals surface area (Å²) in [7, 11) is 0. The van der Waals surface area contributed by atoms with E-state index >= 15 is 0 Å². The first-order chi connectivity index (χ1) is 14.3. The summed E-state index contributed by atoms with van der Waals surface area (Å²) in [6, 6.07) is 8.12. The lowest BCUT2D eigenvalue weighted by Crippen LogP contribution is -2.38. The van der Waals surface area contributed by atoms with Crippen LogP contribution in [-0.2, 0) is 0 Å². The first-order valence-electron chi connectivity index (χ1n) is 9.82. The Hall–Kier alpha value is -3.55. The maximum Gasteiger partial charge on any atom is 0.255 e. The second kappa shape index (κ2) is 7.46. The molecule has 0 spiro atoms. The summed E-state index contributed by atoms with van der Waals surface area (Å²) in [5.74, 6) is -0.0558. The van der Waals surface area contributed by atoms with E-state index in [9.17, 15) is 4.79 Å². The minimum absolute atomic E-state index is 0.0558. The van der Waals surface area contributed by atoms with Gasteiger partial charge in [-0.25, -0.2) is 14.5 Å². The second-order valence-corrected chi connectivity index (χ2v) is 7.37. The number of pyridine rings is 1. The van der Waals surface area contributed by atoms with Crippen LogP contribution in [0.2, 0.25) is 0 Å². The Morgan fingerprint density at radius 2 is 1.97 bits per heavy atom. The fourth-order valence-corrected chi connectivity index (χ4v) is 3.99. The molecule has 8 nitrogen and oxygen atoms in total. The molecule has 1 saturated carbocycles. The Morgan fingerprint density at radius 3 is 2.79 bits per heavy atom. The lowest BCUT2D eigenvalue weighted by atomic mass is 9.91. The molecule has 29 heavy (non-hydrogen) atoms. The molecule has 146 valence electrons. The molecular formula is C21H21N7O. The highest BCUT2D eigenvalue weighted by Gasteiger charge is 2.25. The maximum absolute atomic E-state index is 12.7. The molecule has 8 heteroatoms. The van der Waals surface area contributed by atoms with Gasteiger partial charge in [0, 0.05) is 30.2 Å². The van der Waals surface area contributed by atoms with Gasteiger partial charge in [-0.1, -0.05) is 6.07 Å². The van der Waals surface area contributed by atoms with Crippen molar-refractivity contribution >= 4 is 11.4 Å². The Balaban J connectivity index is 1.21. The zero-order valence-electron chi connectivity index (χ0n) is 15.8. The van der Waals surface area contributed by atoms with Gasteiger partial charge in [0.15, 0.2) is 0 Å². The van der Waals surface area contributed by atoms with E-state index < -0.39 is 0 Å². The Bertz CT molecular complexity index is 1130. The van der Waals surface area contributed by atoms with E-state index in [1.165, 1.54) is 0 Å².